The monoisotopic (exact) mass is 396 g/mol. The molecule has 0 aliphatic carbocycles. The number of anilines is 1. The van der Waals surface area contributed by atoms with Crippen LogP contribution in [0.4, 0.5) is 9.52 Å². The first-order valence-corrected chi connectivity index (χ1v) is 9.36. The van der Waals surface area contributed by atoms with Crippen LogP contribution >= 0.6 is 11.3 Å². The maximum Gasteiger partial charge on any atom is 0.331 e. The lowest BCUT2D eigenvalue weighted by Crippen LogP contribution is -2.29. The molecular weight excluding hydrogens is 379 g/mol. The number of carbonyl (C=O) groups is 2. The zero-order chi connectivity index (χ0) is 19.9. The fourth-order valence-electron chi connectivity index (χ4n) is 2.31. The van der Waals surface area contributed by atoms with Crippen LogP contribution in [0.5, 0.6) is 0 Å². The molecule has 1 atom stereocenters. The number of ether oxygens (including phenoxy) is 1. The van der Waals surface area contributed by atoms with E-state index in [-0.39, 0.29) is 5.56 Å². The number of amides is 1. The molecule has 142 valence electrons. The molecule has 0 aliphatic heterocycles. The van der Waals surface area contributed by atoms with Crippen molar-refractivity contribution in [3.63, 3.8) is 0 Å². The molecular formula is C21H17FN2O3S. The minimum Gasteiger partial charge on any atom is -0.449 e. The summed E-state index contributed by atoms with van der Waals surface area (Å²) in [6, 6.07) is 15.6. The molecule has 0 spiro atoms. The van der Waals surface area contributed by atoms with Gasteiger partial charge in [-0.2, -0.15) is 0 Å². The Hall–Kier alpha value is -3.32. The topological polar surface area (TPSA) is 68.3 Å². The van der Waals surface area contributed by atoms with Crippen LogP contribution in [0.3, 0.4) is 0 Å². The Morgan fingerprint density at radius 2 is 1.86 bits per heavy atom. The van der Waals surface area contributed by atoms with Crippen molar-refractivity contribution in [3.8, 4) is 11.3 Å². The average Bonchev–Trinajstić information content (AvgIpc) is 3.16. The Morgan fingerprint density at radius 3 is 2.61 bits per heavy atom. The minimum absolute atomic E-state index is 0.257. The number of nitrogens with zero attached hydrogens (tertiary/aromatic N) is 1. The maximum atomic E-state index is 13.5. The first-order valence-electron chi connectivity index (χ1n) is 8.48. The number of esters is 1. The van der Waals surface area contributed by atoms with Crippen molar-refractivity contribution in [2.75, 3.05) is 5.32 Å². The summed E-state index contributed by atoms with van der Waals surface area (Å²) in [6.45, 7) is 1.45. The van der Waals surface area contributed by atoms with Gasteiger partial charge in [0.1, 0.15) is 5.82 Å². The highest BCUT2D eigenvalue weighted by atomic mass is 32.1. The van der Waals surface area contributed by atoms with E-state index in [1.165, 1.54) is 36.5 Å². The number of carbonyl (C=O) groups excluding carboxylic acids is 2. The highest BCUT2D eigenvalue weighted by Gasteiger charge is 2.18. The second-order valence-electron chi connectivity index (χ2n) is 5.83. The summed E-state index contributed by atoms with van der Waals surface area (Å²) < 4.78 is 18.6. The van der Waals surface area contributed by atoms with E-state index in [1.807, 2.05) is 35.7 Å². The van der Waals surface area contributed by atoms with Crippen LogP contribution < -0.4 is 5.32 Å². The van der Waals surface area contributed by atoms with E-state index in [0.29, 0.717) is 5.13 Å². The standard InChI is InChI=1S/C21H17FN2O3S/c1-14(27-19(25)12-11-15-7-5-6-10-17(15)22)20(26)24-21-23-18(13-28-21)16-8-3-2-4-9-16/h2-14H,1H3,(H,23,24,26). The van der Waals surface area contributed by atoms with Gasteiger partial charge in [0.25, 0.3) is 5.91 Å². The molecule has 0 radical (unpaired) electrons. The maximum absolute atomic E-state index is 13.5. The number of thiazole rings is 1. The molecule has 1 unspecified atom stereocenters. The normalized spacial score (nSPS) is 11.9. The molecule has 0 bridgehead atoms. The van der Waals surface area contributed by atoms with Gasteiger partial charge in [-0.05, 0) is 19.1 Å². The lowest BCUT2D eigenvalue weighted by Gasteiger charge is -2.10. The van der Waals surface area contributed by atoms with Gasteiger partial charge in [0, 0.05) is 22.6 Å². The third-order valence-corrected chi connectivity index (χ3v) is 4.53. The van der Waals surface area contributed by atoms with Crippen LogP contribution in [0, 0.1) is 5.82 Å². The molecule has 1 aromatic heterocycles. The third-order valence-electron chi connectivity index (χ3n) is 3.77. The summed E-state index contributed by atoms with van der Waals surface area (Å²) in [5.74, 6) is -1.69. The van der Waals surface area contributed by atoms with E-state index < -0.39 is 23.8 Å². The van der Waals surface area contributed by atoms with E-state index in [1.54, 1.807) is 12.1 Å². The predicted molar refractivity (Wildman–Crippen MR) is 107 cm³/mol. The van der Waals surface area contributed by atoms with E-state index in [9.17, 15) is 14.0 Å². The Kier molecular flexibility index (Phi) is 6.29. The summed E-state index contributed by atoms with van der Waals surface area (Å²) in [7, 11) is 0. The molecule has 28 heavy (non-hydrogen) atoms. The van der Waals surface area contributed by atoms with E-state index in [0.717, 1.165) is 17.3 Å². The number of benzene rings is 2. The van der Waals surface area contributed by atoms with Gasteiger partial charge in [-0.1, -0.05) is 48.5 Å². The van der Waals surface area contributed by atoms with Crippen LogP contribution in [0.1, 0.15) is 12.5 Å². The quantitative estimate of drug-likeness (QED) is 0.491. The molecule has 0 fully saturated rings. The summed E-state index contributed by atoms with van der Waals surface area (Å²) in [5.41, 5.74) is 1.95. The molecule has 1 heterocycles. The van der Waals surface area contributed by atoms with Crippen molar-refractivity contribution in [3.05, 3.63) is 77.4 Å². The van der Waals surface area contributed by atoms with Crippen LogP contribution in [-0.2, 0) is 14.3 Å². The molecule has 0 saturated carbocycles. The van der Waals surface area contributed by atoms with Gasteiger partial charge >= 0.3 is 5.97 Å². The number of hydrogen-bond acceptors (Lipinski definition) is 5. The van der Waals surface area contributed by atoms with Crippen molar-refractivity contribution < 1.29 is 18.7 Å². The zero-order valence-corrected chi connectivity index (χ0v) is 15.8. The smallest absolute Gasteiger partial charge is 0.331 e. The third kappa shape index (κ3) is 5.11. The van der Waals surface area contributed by atoms with Gasteiger partial charge < -0.3 is 4.74 Å². The summed E-state index contributed by atoms with van der Waals surface area (Å²) in [5, 5.41) is 4.87. The Labute approximate surface area is 165 Å². The Bertz CT molecular complexity index is 1000. The summed E-state index contributed by atoms with van der Waals surface area (Å²) >= 11 is 1.28. The number of hydrogen-bond donors (Lipinski definition) is 1. The number of aromatic nitrogens is 1. The molecule has 0 aliphatic rings. The number of rotatable bonds is 6. The fraction of sp³-hybridized carbons (Fsp3) is 0.0952. The van der Waals surface area contributed by atoms with E-state index in [2.05, 4.69) is 10.3 Å². The van der Waals surface area contributed by atoms with Crippen molar-refractivity contribution in [1.29, 1.82) is 0 Å². The van der Waals surface area contributed by atoms with Crippen molar-refractivity contribution in [1.82, 2.24) is 4.98 Å². The first kappa shape index (κ1) is 19.4. The molecule has 0 saturated heterocycles. The van der Waals surface area contributed by atoms with Crippen molar-refractivity contribution in [2.24, 2.45) is 0 Å². The van der Waals surface area contributed by atoms with Gasteiger partial charge in [0.15, 0.2) is 11.2 Å². The van der Waals surface area contributed by atoms with Crippen LogP contribution in [-0.4, -0.2) is 23.0 Å². The molecule has 5 nitrogen and oxygen atoms in total. The lowest BCUT2D eigenvalue weighted by atomic mass is 10.2. The summed E-state index contributed by atoms with van der Waals surface area (Å²) in [6.07, 6.45) is 1.36. The van der Waals surface area contributed by atoms with Crippen molar-refractivity contribution >= 4 is 34.4 Å². The van der Waals surface area contributed by atoms with Gasteiger partial charge in [-0.25, -0.2) is 14.2 Å². The summed E-state index contributed by atoms with van der Waals surface area (Å²) in [4.78, 5) is 28.4. The minimum atomic E-state index is -1.03. The first-order chi connectivity index (χ1) is 13.5. The van der Waals surface area contributed by atoms with Gasteiger partial charge in [-0.15, -0.1) is 11.3 Å². The van der Waals surface area contributed by atoms with Gasteiger partial charge in [0.2, 0.25) is 0 Å². The van der Waals surface area contributed by atoms with E-state index >= 15 is 0 Å². The molecule has 1 amide bonds. The molecule has 3 rings (SSSR count). The fourth-order valence-corrected chi connectivity index (χ4v) is 3.04. The second kappa shape index (κ2) is 9.05. The average molecular weight is 396 g/mol. The SMILES string of the molecule is CC(OC(=O)C=Cc1ccccc1F)C(=O)Nc1nc(-c2ccccc2)cs1. The molecule has 2 aromatic carbocycles. The lowest BCUT2D eigenvalue weighted by molar-refractivity contribution is -0.148. The number of nitrogens with one attached hydrogen (secondary N) is 1. The van der Waals surface area contributed by atoms with Crippen LogP contribution in [0.25, 0.3) is 17.3 Å². The predicted octanol–water partition coefficient (Wildman–Crippen LogP) is 4.53. The zero-order valence-electron chi connectivity index (χ0n) is 15.0. The largest absolute Gasteiger partial charge is 0.449 e. The molecule has 7 heteroatoms. The van der Waals surface area contributed by atoms with Crippen LogP contribution in [0.2, 0.25) is 0 Å². The molecule has 1 N–H and O–H groups in total. The Balaban J connectivity index is 1.55. The van der Waals surface area contributed by atoms with Gasteiger partial charge in [-0.3, -0.25) is 10.1 Å². The highest BCUT2D eigenvalue weighted by Crippen LogP contribution is 2.24. The number of halogens is 1. The highest BCUT2D eigenvalue weighted by molar-refractivity contribution is 7.14. The Morgan fingerprint density at radius 1 is 1.14 bits per heavy atom. The van der Waals surface area contributed by atoms with Crippen molar-refractivity contribution in [2.45, 2.75) is 13.0 Å². The second-order valence-corrected chi connectivity index (χ2v) is 6.69. The van der Waals surface area contributed by atoms with E-state index in [4.69, 9.17) is 4.74 Å². The van der Waals surface area contributed by atoms with Crippen LogP contribution in [0.15, 0.2) is 66.1 Å². The van der Waals surface area contributed by atoms with Gasteiger partial charge in [0.05, 0.1) is 5.69 Å². The molecule has 3 aromatic rings.